The molecule has 0 aliphatic rings. The molecule has 0 fully saturated rings. The van der Waals surface area contributed by atoms with Gasteiger partial charge in [0, 0.05) is 5.57 Å². The Hall–Kier alpha value is -1.01. The summed E-state index contributed by atoms with van der Waals surface area (Å²) in [6.07, 6.45) is -2.28. The zero-order valence-corrected chi connectivity index (χ0v) is 10.4. The minimum absolute atomic E-state index is 0.406. The summed E-state index contributed by atoms with van der Waals surface area (Å²) in [5.41, 5.74) is 1.51. The maximum Gasteiger partial charge on any atom is 0.433 e. The smallest absolute Gasteiger partial charge is 0.386 e. The third-order valence-electron chi connectivity index (χ3n) is 1.73. The van der Waals surface area contributed by atoms with E-state index in [9.17, 15) is 18.3 Å². The Bertz CT molecular complexity index is 361. The van der Waals surface area contributed by atoms with Gasteiger partial charge in [-0.1, -0.05) is 12.2 Å². The second-order valence-electron chi connectivity index (χ2n) is 3.75. The van der Waals surface area contributed by atoms with Crippen LogP contribution in [0.25, 0.3) is 0 Å². The van der Waals surface area contributed by atoms with Crippen molar-refractivity contribution in [2.24, 2.45) is 10.7 Å². The maximum absolute atomic E-state index is 12.8. The number of alkyl halides is 3. The standard InChI is InChI=1S/C10H14ClF3N2O/c1-4-5-6(9(2,3)17)7(10(12,13)14)16-8(11)15/h4-5,17H,1-3H3,(H2,15,16)/b5-4+,7-6+. The van der Waals surface area contributed by atoms with Gasteiger partial charge >= 0.3 is 6.18 Å². The first-order valence-corrected chi connectivity index (χ1v) is 5.04. The summed E-state index contributed by atoms with van der Waals surface area (Å²) < 4.78 is 38.3. The number of aliphatic imine (C=N–C) groups is 1. The van der Waals surface area contributed by atoms with Crippen LogP contribution in [0.5, 0.6) is 0 Å². The molecule has 3 N–H and O–H groups in total. The van der Waals surface area contributed by atoms with Gasteiger partial charge in [-0.05, 0) is 32.4 Å². The van der Waals surface area contributed by atoms with Gasteiger partial charge in [-0.25, -0.2) is 4.99 Å². The van der Waals surface area contributed by atoms with Crippen molar-refractivity contribution in [2.45, 2.75) is 32.5 Å². The zero-order chi connectivity index (χ0) is 13.9. The van der Waals surface area contributed by atoms with Gasteiger partial charge in [0.15, 0.2) is 11.0 Å². The molecule has 0 aliphatic carbocycles. The molecule has 0 radical (unpaired) electrons. The highest BCUT2D eigenvalue weighted by Crippen LogP contribution is 2.34. The van der Waals surface area contributed by atoms with E-state index >= 15 is 0 Å². The summed E-state index contributed by atoms with van der Waals surface area (Å²) in [5, 5.41) is 8.95. The fourth-order valence-corrected chi connectivity index (χ4v) is 1.21. The van der Waals surface area contributed by atoms with Crippen LogP contribution in [-0.4, -0.2) is 22.2 Å². The normalized spacial score (nSPS) is 16.4. The van der Waals surface area contributed by atoms with E-state index in [1.165, 1.54) is 26.8 Å². The van der Waals surface area contributed by atoms with Gasteiger partial charge < -0.3 is 10.8 Å². The van der Waals surface area contributed by atoms with E-state index in [-0.39, 0.29) is 0 Å². The fraction of sp³-hybridized carbons (Fsp3) is 0.500. The average molecular weight is 271 g/mol. The van der Waals surface area contributed by atoms with Crippen molar-refractivity contribution in [3.8, 4) is 0 Å². The first-order valence-electron chi connectivity index (χ1n) is 4.66. The van der Waals surface area contributed by atoms with Crippen LogP contribution in [0.4, 0.5) is 13.2 Å². The molecular weight excluding hydrogens is 257 g/mol. The summed E-state index contributed by atoms with van der Waals surface area (Å²) in [6, 6.07) is 0. The molecule has 98 valence electrons. The number of hydrogen-bond acceptors (Lipinski definition) is 2. The number of halogens is 4. The van der Waals surface area contributed by atoms with Gasteiger partial charge in [-0.15, -0.1) is 0 Å². The molecule has 7 heteroatoms. The number of aliphatic hydroxyl groups is 1. The highest BCUT2D eigenvalue weighted by molar-refractivity contribution is 6.64. The molecule has 0 heterocycles. The van der Waals surface area contributed by atoms with E-state index in [2.05, 4.69) is 4.99 Å². The lowest BCUT2D eigenvalue weighted by atomic mass is 9.95. The van der Waals surface area contributed by atoms with Crippen LogP contribution in [0, 0.1) is 0 Å². The third kappa shape index (κ3) is 5.23. The van der Waals surface area contributed by atoms with Crippen LogP contribution >= 0.6 is 11.6 Å². The van der Waals surface area contributed by atoms with E-state index in [4.69, 9.17) is 17.3 Å². The Labute approximate surface area is 102 Å². The molecule has 0 unspecified atom stereocenters. The Morgan fingerprint density at radius 1 is 1.35 bits per heavy atom. The van der Waals surface area contributed by atoms with Crippen LogP contribution < -0.4 is 5.73 Å². The lowest BCUT2D eigenvalue weighted by molar-refractivity contribution is -0.0947. The van der Waals surface area contributed by atoms with Crippen molar-refractivity contribution in [2.75, 3.05) is 0 Å². The van der Waals surface area contributed by atoms with Gasteiger partial charge in [0.1, 0.15) is 0 Å². The molecule has 0 bridgehead atoms. The number of nitrogens with zero attached hydrogens (tertiary/aromatic N) is 1. The molecular formula is C10H14ClF3N2O. The third-order valence-corrected chi connectivity index (χ3v) is 1.82. The predicted octanol–water partition coefficient (Wildman–Crippen LogP) is 2.70. The first-order chi connectivity index (χ1) is 7.50. The molecule has 0 aliphatic heterocycles. The number of allylic oxidation sites excluding steroid dienone is 2. The summed E-state index contributed by atoms with van der Waals surface area (Å²) in [6.45, 7) is 3.95. The minimum atomic E-state index is -4.76. The number of amidine groups is 1. The van der Waals surface area contributed by atoms with Crippen LogP contribution in [0.2, 0.25) is 0 Å². The van der Waals surface area contributed by atoms with Gasteiger partial charge in [-0.3, -0.25) is 0 Å². The molecule has 0 aromatic rings. The van der Waals surface area contributed by atoms with Gasteiger partial charge in [-0.2, -0.15) is 13.2 Å². The quantitative estimate of drug-likeness (QED) is 0.358. The molecule has 0 rings (SSSR count). The van der Waals surface area contributed by atoms with E-state index in [1.54, 1.807) is 0 Å². The van der Waals surface area contributed by atoms with Crippen molar-refractivity contribution < 1.29 is 18.3 Å². The average Bonchev–Trinajstić information content (AvgIpc) is 2.06. The molecule has 17 heavy (non-hydrogen) atoms. The first kappa shape index (κ1) is 16.0. The van der Waals surface area contributed by atoms with Crippen molar-refractivity contribution in [3.05, 3.63) is 23.4 Å². The Morgan fingerprint density at radius 3 is 2.06 bits per heavy atom. The van der Waals surface area contributed by atoms with Crippen LogP contribution in [0.3, 0.4) is 0 Å². The van der Waals surface area contributed by atoms with Crippen LogP contribution in [0.1, 0.15) is 20.8 Å². The van der Waals surface area contributed by atoms with Crippen molar-refractivity contribution >= 4 is 16.9 Å². The molecule has 0 saturated carbocycles. The number of hydrogen-bond donors (Lipinski definition) is 2. The SMILES string of the molecule is C/C=C/C(=C(\N=C(/N)Cl)C(F)(F)F)C(C)(C)O. The Balaban J connectivity index is 6.04. The lowest BCUT2D eigenvalue weighted by Crippen LogP contribution is -2.27. The van der Waals surface area contributed by atoms with E-state index < -0.39 is 28.3 Å². The van der Waals surface area contributed by atoms with Crippen LogP contribution in [0.15, 0.2) is 28.4 Å². The minimum Gasteiger partial charge on any atom is -0.386 e. The van der Waals surface area contributed by atoms with E-state index in [1.807, 2.05) is 0 Å². The molecule has 0 saturated heterocycles. The van der Waals surface area contributed by atoms with Gasteiger partial charge in [0.25, 0.3) is 0 Å². The second kappa shape index (κ2) is 5.55. The summed E-state index contributed by atoms with van der Waals surface area (Å²) in [7, 11) is 0. The van der Waals surface area contributed by atoms with Crippen molar-refractivity contribution in [1.29, 1.82) is 0 Å². The topological polar surface area (TPSA) is 58.6 Å². The summed E-state index contributed by atoms with van der Waals surface area (Å²) in [4.78, 5) is 3.04. The molecule has 3 nitrogen and oxygen atoms in total. The van der Waals surface area contributed by atoms with E-state index in [0.29, 0.717) is 0 Å². The molecule has 0 aromatic carbocycles. The van der Waals surface area contributed by atoms with E-state index in [0.717, 1.165) is 6.08 Å². The molecule has 0 spiro atoms. The highest BCUT2D eigenvalue weighted by Gasteiger charge is 2.39. The number of nitrogens with two attached hydrogens (primary N) is 1. The number of rotatable bonds is 3. The van der Waals surface area contributed by atoms with Gasteiger partial charge in [0.05, 0.1) is 5.60 Å². The Morgan fingerprint density at radius 2 is 1.82 bits per heavy atom. The summed E-state index contributed by atoms with van der Waals surface area (Å²) in [5.74, 6) is 0. The largest absolute Gasteiger partial charge is 0.433 e. The Kier molecular flexibility index (Phi) is 5.22. The van der Waals surface area contributed by atoms with Crippen molar-refractivity contribution in [3.63, 3.8) is 0 Å². The second-order valence-corrected chi connectivity index (χ2v) is 4.14. The van der Waals surface area contributed by atoms with Crippen molar-refractivity contribution in [1.82, 2.24) is 0 Å². The molecule has 0 atom stereocenters. The highest BCUT2D eigenvalue weighted by atomic mass is 35.5. The molecule has 0 aromatic heterocycles. The van der Waals surface area contributed by atoms with Crippen LogP contribution in [-0.2, 0) is 0 Å². The summed E-state index contributed by atoms with van der Waals surface area (Å²) >= 11 is 5.16. The fourth-order valence-electron chi connectivity index (χ4n) is 1.12. The zero-order valence-electron chi connectivity index (χ0n) is 9.64. The van der Waals surface area contributed by atoms with Gasteiger partial charge in [0.2, 0.25) is 0 Å². The monoisotopic (exact) mass is 270 g/mol. The predicted molar refractivity (Wildman–Crippen MR) is 61.7 cm³/mol. The maximum atomic E-state index is 12.8. The molecule has 0 amide bonds. The lowest BCUT2D eigenvalue weighted by Gasteiger charge is -2.22.